The van der Waals surface area contributed by atoms with E-state index in [-0.39, 0.29) is 11.8 Å². The third-order valence-corrected chi connectivity index (χ3v) is 3.70. The van der Waals surface area contributed by atoms with Gasteiger partial charge in [-0.2, -0.15) is 0 Å². The van der Waals surface area contributed by atoms with Crippen molar-refractivity contribution in [2.75, 3.05) is 11.1 Å². The summed E-state index contributed by atoms with van der Waals surface area (Å²) in [7, 11) is -3.00. The fraction of sp³-hybridized carbons (Fsp3) is 0.444. The molecule has 0 spiro atoms. The number of hydrogen-bond donors (Lipinski definition) is 1. The molecule has 1 aromatic heterocycles. The molecule has 0 saturated carbocycles. The highest BCUT2D eigenvalue weighted by atomic mass is 32.2. The Morgan fingerprint density at radius 2 is 2.47 bits per heavy atom. The summed E-state index contributed by atoms with van der Waals surface area (Å²) in [5.41, 5.74) is 0. The van der Waals surface area contributed by atoms with Crippen LogP contribution in [0, 0.1) is 0 Å². The Kier molecular flexibility index (Phi) is 2.52. The first kappa shape index (κ1) is 10.2. The minimum atomic E-state index is -3.00. The van der Waals surface area contributed by atoms with Crippen molar-refractivity contribution in [3.05, 3.63) is 23.9 Å². The van der Waals surface area contributed by atoms with Gasteiger partial charge in [0.1, 0.15) is 0 Å². The molecule has 0 saturated heterocycles. The van der Waals surface area contributed by atoms with Crippen molar-refractivity contribution in [2.24, 2.45) is 0 Å². The van der Waals surface area contributed by atoms with Gasteiger partial charge in [0, 0.05) is 24.3 Å². The molecule has 2 heterocycles. The Morgan fingerprint density at radius 1 is 1.67 bits per heavy atom. The van der Waals surface area contributed by atoms with Gasteiger partial charge in [0.25, 0.3) is 0 Å². The van der Waals surface area contributed by atoms with Crippen molar-refractivity contribution in [3.63, 3.8) is 0 Å². The molecule has 0 radical (unpaired) electrons. The van der Waals surface area contributed by atoms with Gasteiger partial charge in [-0.05, 0) is 13.0 Å². The van der Waals surface area contributed by atoms with Crippen LogP contribution in [0.2, 0.25) is 0 Å². The third-order valence-electron chi connectivity index (χ3n) is 2.30. The second-order valence-electron chi connectivity index (χ2n) is 3.45. The Balaban J connectivity index is 2.08. The molecule has 0 aromatic carbocycles. The molecule has 82 valence electrons. The SMILES string of the molecule is CCn1ccnc1NC1C=CS(=O)(=O)C1. The number of anilines is 1. The maximum absolute atomic E-state index is 11.2. The van der Waals surface area contributed by atoms with Crippen LogP contribution in [0.3, 0.4) is 0 Å². The van der Waals surface area contributed by atoms with E-state index in [0.717, 1.165) is 6.54 Å². The number of hydrogen-bond acceptors (Lipinski definition) is 4. The van der Waals surface area contributed by atoms with E-state index >= 15 is 0 Å². The number of nitrogens with zero attached hydrogens (tertiary/aromatic N) is 2. The van der Waals surface area contributed by atoms with Crippen LogP contribution in [0.5, 0.6) is 0 Å². The van der Waals surface area contributed by atoms with Crippen molar-refractivity contribution in [1.29, 1.82) is 0 Å². The molecular weight excluding hydrogens is 214 g/mol. The van der Waals surface area contributed by atoms with Crippen LogP contribution in [-0.4, -0.2) is 29.8 Å². The zero-order chi connectivity index (χ0) is 10.9. The van der Waals surface area contributed by atoms with Gasteiger partial charge in [0.05, 0.1) is 11.8 Å². The largest absolute Gasteiger partial charge is 0.348 e. The predicted octanol–water partition coefficient (Wildman–Crippen LogP) is 0.626. The monoisotopic (exact) mass is 227 g/mol. The first-order valence-electron chi connectivity index (χ1n) is 4.79. The highest BCUT2D eigenvalue weighted by Crippen LogP contribution is 2.13. The van der Waals surface area contributed by atoms with Gasteiger partial charge < -0.3 is 9.88 Å². The number of rotatable bonds is 3. The lowest BCUT2D eigenvalue weighted by Gasteiger charge is -2.11. The lowest BCUT2D eigenvalue weighted by Crippen LogP contribution is -2.23. The Hall–Kier alpha value is -1.30. The van der Waals surface area contributed by atoms with Gasteiger partial charge >= 0.3 is 0 Å². The maximum Gasteiger partial charge on any atom is 0.203 e. The van der Waals surface area contributed by atoms with Gasteiger partial charge in [-0.15, -0.1) is 0 Å². The zero-order valence-corrected chi connectivity index (χ0v) is 9.24. The van der Waals surface area contributed by atoms with E-state index in [2.05, 4.69) is 10.3 Å². The van der Waals surface area contributed by atoms with E-state index in [9.17, 15) is 8.42 Å². The summed E-state index contributed by atoms with van der Waals surface area (Å²) >= 11 is 0. The Labute approximate surface area is 88.7 Å². The minimum Gasteiger partial charge on any atom is -0.348 e. The minimum absolute atomic E-state index is 0.115. The molecule has 1 aromatic rings. The van der Waals surface area contributed by atoms with Crippen molar-refractivity contribution in [2.45, 2.75) is 19.5 Å². The quantitative estimate of drug-likeness (QED) is 0.822. The molecule has 1 atom stereocenters. The van der Waals surface area contributed by atoms with E-state index in [1.165, 1.54) is 5.41 Å². The number of aryl methyl sites for hydroxylation is 1. The van der Waals surface area contributed by atoms with Crippen LogP contribution in [0.1, 0.15) is 6.92 Å². The van der Waals surface area contributed by atoms with E-state index in [0.29, 0.717) is 5.95 Å². The fourth-order valence-electron chi connectivity index (χ4n) is 1.54. The van der Waals surface area contributed by atoms with Crippen molar-refractivity contribution >= 4 is 15.8 Å². The van der Waals surface area contributed by atoms with Crippen molar-refractivity contribution in [3.8, 4) is 0 Å². The summed E-state index contributed by atoms with van der Waals surface area (Å²) in [5, 5.41) is 4.34. The van der Waals surface area contributed by atoms with E-state index < -0.39 is 9.84 Å². The topological polar surface area (TPSA) is 64.0 Å². The molecule has 2 rings (SSSR count). The first-order chi connectivity index (χ1) is 7.11. The summed E-state index contributed by atoms with van der Waals surface area (Å²) in [6.07, 6.45) is 5.21. The molecule has 5 nitrogen and oxygen atoms in total. The summed E-state index contributed by atoms with van der Waals surface area (Å²) in [4.78, 5) is 4.12. The third kappa shape index (κ3) is 2.20. The summed E-state index contributed by atoms with van der Waals surface area (Å²) in [6.45, 7) is 2.82. The molecule has 0 amide bonds. The summed E-state index contributed by atoms with van der Waals surface area (Å²) in [6, 6.07) is -0.164. The molecular formula is C9H13N3O2S. The van der Waals surface area contributed by atoms with Crippen LogP contribution in [-0.2, 0) is 16.4 Å². The van der Waals surface area contributed by atoms with E-state index in [1.807, 2.05) is 17.7 Å². The number of sulfone groups is 1. The van der Waals surface area contributed by atoms with Gasteiger partial charge in [-0.25, -0.2) is 13.4 Å². The average molecular weight is 227 g/mol. The van der Waals surface area contributed by atoms with Crippen LogP contribution in [0.4, 0.5) is 5.95 Å². The van der Waals surface area contributed by atoms with Crippen molar-refractivity contribution in [1.82, 2.24) is 9.55 Å². The maximum atomic E-state index is 11.2. The van der Waals surface area contributed by atoms with Gasteiger partial charge in [-0.3, -0.25) is 0 Å². The Bertz CT molecular complexity index is 475. The Morgan fingerprint density at radius 3 is 3.07 bits per heavy atom. The van der Waals surface area contributed by atoms with E-state index in [4.69, 9.17) is 0 Å². The second-order valence-corrected chi connectivity index (χ2v) is 5.38. The standard InChI is InChI=1S/C9H13N3O2S/c1-2-12-5-4-10-9(12)11-8-3-6-15(13,14)7-8/h3-6,8H,2,7H2,1H3,(H,10,11). The van der Waals surface area contributed by atoms with Crippen molar-refractivity contribution < 1.29 is 8.42 Å². The predicted molar refractivity (Wildman–Crippen MR) is 58.2 cm³/mol. The molecule has 1 unspecified atom stereocenters. The van der Waals surface area contributed by atoms with Gasteiger partial charge in [0.2, 0.25) is 5.95 Å². The molecule has 15 heavy (non-hydrogen) atoms. The lowest BCUT2D eigenvalue weighted by atomic mass is 10.3. The smallest absolute Gasteiger partial charge is 0.203 e. The van der Waals surface area contributed by atoms with Crippen LogP contribution in [0.15, 0.2) is 23.9 Å². The molecule has 6 heteroatoms. The molecule has 0 aliphatic carbocycles. The zero-order valence-electron chi connectivity index (χ0n) is 8.42. The normalized spacial score (nSPS) is 23.1. The average Bonchev–Trinajstić information content (AvgIpc) is 2.73. The lowest BCUT2D eigenvalue weighted by molar-refractivity contribution is 0.605. The van der Waals surface area contributed by atoms with Gasteiger partial charge in [0.15, 0.2) is 9.84 Å². The summed E-state index contributed by atoms with van der Waals surface area (Å²) < 4.78 is 24.3. The fourth-order valence-corrected chi connectivity index (χ4v) is 2.77. The summed E-state index contributed by atoms with van der Waals surface area (Å²) in [5.74, 6) is 0.827. The number of aromatic nitrogens is 2. The first-order valence-corrected chi connectivity index (χ1v) is 6.51. The molecule has 0 bridgehead atoms. The molecule has 1 N–H and O–H groups in total. The van der Waals surface area contributed by atoms with Crippen LogP contribution >= 0.6 is 0 Å². The molecule has 1 aliphatic rings. The van der Waals surface area contributed by atoms with E-state index in [1.54, 1.807) is 12.3 Å². The van der Waals surface area contributed by atoms with Crippen LogP contribution < -0.4 is 5.32 Å². The highest BCUT2D eigenvalue weighted by Gasteiger charge is 2.22. The van der Waals surface area contributed by atoms with Gasteiger partial charge in [-0.1, -0.05) is 0 Å². The number of imidazole rings is 1. The molecule has 0 fully saturated rings. The molecule has 1 aliphatic heterocycles. The van der Waals surface area contributed by atoms with Crippen LogP contribution in [0.25, 0.3) is 0 Å². The highest BCUT2D eigenvalue weighted by molar-refractivity contribution is 7.94. The second kappa shape index (κ2) is 3.69. The number of nitrogens with one attached hydrogen (secondary N) is 1.